The Morgan fingerprint density at radius 3 is 2.89 bits per heavy atom. The maximum Gasteiger partial charge on any atom is 0.253 e. The Morgan fingerprint density at radius 1 is 1.56 bits per heavy atom. The van der Waals surface area contributed by atoms with E-state index in [4.69, 9.17) is 5.26 Å². The van der Waals surface area contributed by atoms with Crippen molar-refractivity contribution in [1.82, 2.24) is 9.88 Å². The highest BCUT2D eigenvalue weighted by Gasteiger charge is 2.13. The lowest BCUT2D eigenvalue weighted by Gasteiger charge is -2.16. The topological polar surface area (TPSA) is 69.0 Å². The predicted molar refractivity (Wildman–Crippen MR) is 70.3 cm³/mol. The van der Waals surface area contributed by atoms with E-state index in [1.54, 1.807) is 24.1 Å². The van der Waals surface area contributed by atoms with Crippen LogP contribution in [0.1, 0.15) is 29.4 Å². The lowest BCUT2D eigenvalue weighted by atomic mass is 10.2. The van der Waals surface area contributed by atoms with Crippen LogP contribution in [0.5, 0.6) is 0 Å². The van der Waals surface area contributed by atoms with Crippen molar-refractivity contribution in [3.05, 3.63) is 23.4 Å². The molecule has 0 radical (unpaired) electrons. The molecule has 1 amide bonds. The second-order valence-electron chi connectivity index (χ2n) is 4.05. The Labute approximate surface area is 107 Å². The summed E-state index contributed by atoms with van der Waals surface area (Å²) < 4.78 is 0. The van der Waals surface area contributed by atoms with Gasteiger partial charge in [-0.25, -0.2) is 4.98 Å². The lowest BCUT2D eigenvalue weighted by Crippen LogP contribution is -2.27. The average molecular weight is 246 g/mol. The molecule has 1 aromatic heterocycles. The summed E-state index contributed by atoms with van der Waals surface area (Å²) in [6.07, 6.45) is 0.340. The van der Waals surface area contributed by atoms with Crippen molar-refractivity contribution >= 4 is 11.7 Å². The Bertz CT molecular complexity index is 465. The van der Waals surface area contributed by atoms with Crippen LogP contribution in [0.2, 0.25) is 0 Å². The van der Waals surface area contributed by atoms with Gasteiger partial charge < -0.3 is 10.2 Å². The first-order valence-corrected chi connectivity index (χ1v) is 5.93. The minimum absolute atomic E-state index is 0.0881. The van der Waals surface area contributed by atoms with E-state index in [2.05, 4.69) is 10.3 Å². The zero-order chi connectivity index (χ0) is 13.5. The molecule has 18 heavy (non-hydrogen) atoms. The second kappa shape index (κ2) is 6.60. The second-order valence-corrected chi connectivity index (χ2v) is 4.05. The third-order valence-electron chi connectivity index (χ3n) is 2.46. The van der Waals surface area contributed by atoms with Crippen LogP contribution < -0.4 is 5.32 Å². The molecule has 1 heterocycles. The van der Waals surface area contributed by atoms with Gasteiger partial charge in [0.15, 0.2) is 0 Å². The van der Waals surface area contributed by atoms with Crippen LogP contribution in [0.15, 0.2) is 12.1 Å². The molecule has 1 rings (SSSR count). The molecule has 0 fully saturated rings. The van der Waals surface area contributed by atoms with Crippen LogP contribution in [0, 0.1) is 18.3 Å². The highest BCUT2D eigenvalue weighted by atomic mass is 16.2. The van der Waals surface area contributed by atoms with E-state index < -0.39 is 0 Å². The fourth-order valence-electron chi connectivity index (χ4n) is 1.60. The molecule has 96 valence electrons. The number of hydrogen-bond donors (Lipinski definition) is 1. The fraction of sp³-hybridized carbons (Fsp3) is 0.462. The van der Waals surface area contributed by atoms with Crippen molar-refractivity contribution in [1.29, 1.82) is 5.26 Å². The normalized spacial score (nSPS) is 9.67. The summed E-state index contributed by atoms with van der Waals surface area (Å²) in [6.45, 7) is 5.03. The van der Waals surface area contributed by atoms with E-state index in [1.165, 1.54) is 0 Å². The maximum atomic E-state index is 12.1. The predicted octanol–water partition coefficient (Wildman–Crippen LogP) is 1.81. The zero-order valence-electron chi connectivity index (χ0n) is 11.0. The van der Waals surface area contributed by atoms with Gasteiger partial charge in [-0.3, -0.25) is 4.79 Å². The first kappa shape index (κ1) is 14.0. The van der Waals surface area contributed by atoms with Crippen LogP contribution in [-0.4, -0.2) is 35.9 Å². The van der Waals surface area contributed by atoms with Gasteiger partial charge >= 0.3 is 0 Å². The number of carbonyl (C=O) groups excluding carboxylic acids is 1. The SMILES string of the molecule is CCNc1cc(C(=O)N(C)CCC#N)cc(C)n1. The number of aryl methyl sites for hydroxylation is 1. The summed E-state index contributed by atoms with van der Waals surface area (Å²) in [5, 5.41) is 11.6. The van der Waals surface area contributed by atoms with Crippen molar-refractivity contribution in [3.8, 4) is 6.07 Å². The molecule has 0 spiro atoms. The van der Waals surface area contributed by atoms with Gasteiger partial charge in [-0.05, 0) is 26.0 Å². The molecule has 0 aliphatic rings. The van der Waals surface area contributed by atoms with Crippen LogP contribution >= 0.6 is 0 Å². The van der Waals surface area contributed by atoms with Crippen molar-refractivity contribution in [3.63, 3.8) is 0 Å². The molecule has 5 nitrogen and oxygen atoms in total. The molecule has 0 atom stereocenters. The molecular formula is C13H18N4O. The third kappa shape index (κ3) is 3.74. The van der Waals surface area contributed by atoms with Crippen LogP contribution in [0.25, 0.3) is 0 Å². The highest BCUT2D eigenvalue weighted by molar-refractivity contribution is 5.94. The number of rotatable bonds is 5. The van der Waals surface area contributed by atoms with Crippen molar-refractivity contribution in [2.75, 3.05) is 25.5 Å². The first-order chi connectivity index (χ1) is 8.58. The van der Waals surface area contributed by atoms with Gasteiger partial charge in [-0.15, -0.1) is 0 Å². The first-order valence-electron chi connectivity index (χ1n) is 5.93. The van der Waals surface area contributed by atoms with Crippen molar-refractivity contribution < 1.29 is 4.79 Å². The Kier molecular flexibility index (Phi) is 5.12. The number of pyridine rings is 1. The van der Waals surface area contributed by atoms with Gasteiger partial charge in [-0.1, -0.05) is 0 Å². The largest absolute Gasteiger partial charge is 0.370 e. The monoisotopic (exact) mass is 246 g/mol. The standard InChI is InChI=1S/C13H18N4O/c1-4-15-12-9-11(8-10(2)16-12)13(18)17(3)7-5-6-14/h8-9H,4-5,7H2,1-3H3,(H,15,16). The molecule has 0 saturated heterocycles. The number of carbonyl (C=O) groups is 1. The molecule has 0 saturated carbocycles. The Hall–Kier alpha value is -2.09. The van der Waals surface area contributed by atoms with E-state index in [1.807, 2.05) is 19.9 Å². The van der Waals surface area contributed by atoms with Gasteiger partial charge in [-0.2, -0.15) is 5.26 Å². The van der Waals surface area contributed by atoms with Gasteiger partial charge in [0, 0.05) is 31.4 Å². The summed E-state index contributed by atoms with van der Waals surface area (Å²) in [4.78, 5) is 18.0. The Morgan fingerprint density at radius 2 is 2.28 bits per heavy atom. The quantitative estimate of drug-likeness (QED) is 0.860. The number of amides is 1. The average Bonchev–Trinajstić information content (AvgIpc) is 2.34. The summed E-state index contributed by atoms with van der Waals surface area (Å²) >= 11 is 0. The molecule has 0 unspecified atom stereocenters. The minimum Gasteiger partial charge on any atom is -0.370 e. The number of nitriles is 1. The van der Waals surface area contributed by atoms with Crippen LogP contribution in [0.3, 0.4) is 0 Å². The maximum absolute atomic E-state index is 12.1. The van der Waals surface area contributed by atoms with Gasteiger partial charge in [0.1, 0.15) is 5.82 Å². The number of hydrogen-bond acceptors (Lipinski definition) is 4. The van der Waals surface area contributed by atoms with Gasteiger partial charge in [0.05, 0.1) is 12.5 Å². The molecule has 0 bridgehead atoms. The minimum atomic E-state index is -0.0881. The smallest absolute Gasteiger partial charge is 0.253 e. The number of nitrogens with one attached hydrogen (secondary N) is 1. The van der Waals surface area contributed by atoms with E-state index in [0.29, 0.717) is 24.3 Å². The summed E-state index contributed by atoms with van der Waals surface area (Å²) in [6, 6.07) is 5.52. The number of anilines is 1. The molecule has 0 aliphatic heterocycles. The zero-order valence-corrected chi connectivity index (χ0v) is 11.0. The van der Waals surface area contributed by atoms with Crippen LogP contribution in [0.4, 0.5) is 5.82 Å². The van der Waals surface area contributed by atoms with Gasteiger partial charge in [0.2, 0.25) is 0 Å². The molecule has 1 N–H and O–H groups in total. The molecule has 0 aromatic carbocycles. The Balaban J connectivity index is 2.88. The lowest BCUT2D eigenvalue weighted by molar-refractivity contribution is 0.0798. The summed E-state index contributed by atoms with van der Waals surface area (Å²) in [7, 11) is 1.70. The van der Waals surface area contributed by atoms with Crippen molar-refractivity contribution in [2.24, 2.45) is 0 Å². The number of aromatic nitrogens is 1. The van der Waals surface area contributed by atoms with E-state index in [9.17, 15) is 4.79 Å². The highest BCUT2D eigenvalue weighted by Crippen LogP contribution is 2.12. The summed E-state index contributed by atoms with van der Waals surface area (Å²) in [5.74, 6) is 0.615. The molecule has 1 aromatic rings. The third-order valence-corrected chi connectivity index (χ3v) is 2.46. The molecule has 0 aliphatic carbocycles. The van der Waals surface area contributed by atoms with Crippen molar-refractivity contribution in [2.45, 2.75) is 20.3 Å². The fourth-order valence-corrected chi connectivity index (χ4v) is 1.60. The summed E-state index contributed by atoms with van der Waals surface area (Å²) in [5.41, 5.74) is 1.39. The van der Waals surface area contributed by atoms with Crippen LogP contribution in [-0.2, 0) is 0 Å². The van der Waals surface area contributed by atoms with Gasteiger partial charge in [0.25, 0.3) is 5.91 Å². The van der Waals surface area contributed by atoms with E-state index >= 15 is 0 Å². The van der Waals surface area contributed by atoms with E-state index in [0.717, 1.165) is 12.2 Å². The molecule has 5 heteroatoms. The number of nitrogens with zero attached hydrogens (tertiary/aromatic N) is 3. The van der Waals surface area contributed by atoms with E-state index in [-0.39, 0.29) is 5.91 Å². The molecular weight excluding hydrogens is 228 g/mol.